The summed E-state index contributed by atoms with van der Waals surface area (Å²) >= 11 is 7.39. The van der Waals surface area contributed by atoms with Crippen LogP contribution in [-0.2, 0) is 11.3 Å². The minimum absolute atomic E-state index is 0. The van der Waals surface area contributed by atoms with Crippen LogP contribution in [0.1, 0.15) is 11.3 Å². The summed E-state index contributed by atoms with van der Waals surface area (Å²) in [7, 11) is 1.86. The maximum Gasteiger partial charge on any atom is 0.227 e. The van der Waals surface area contributed by atoms with Crippen LogP contribution in [0.5, 0.6) is 0 Å². The van der Waals surface area contributed by atoms with Crippen LogP contribution < -0.4 is 5.32 Å². The second kappa shape index (κ2) is 6.59. The molecule has 96 valence electrons. The lowest BCUT2D eigenvalue weighted by Crippen LogP contribution is -2.33. The predicted molar refractivity (Wildman–Crippen MR) is 74.0 cm³/mol. The molecule has 6 heteroatoms. The van der Waals surface area contributed by atoms with Gasteiger partial charge in [0.2, 0.25) is 5.91 Å². The number of nitrogens with zero attached hydrogens (tertiary/aromatic N) is 1. The molecule has 0 aromatic carbocycles. The van der Waals surface area contributed by atoms with E-state index in [1.54, 1.807) is 4.90 Å². The summed E-state index contributed by atoms with van der Waals surface area (Å²) in [6, 6.07) is 3.85. The lowest BCUT2D eigenvalue weighted by Gasteiger charge is -2.19. The van der Waals surface area contributed by atoms with Crippen LogP contribution >= 0.6 is 35.3 Å². The molecular formula is C11H16Cl2N2OS. The Morgan fingerprint density at radius 2 is 2.41 bits per heavy atom. The third-order valence-corrected chi connectivity index (χ3v) is 4.02. The van der Waals surface area contributed by atoms with Crippen molar-refractivity contribution >= 4 is 41.3 Å². The van der Waals surface area contributed by atoms with Crippen molar-refractivity contribution in [1.82, 2.24) is 10.2 Å². The van der Waals surface area contributed by atoms with Crippen molar-refractivity contribution in [2.45, 2.75) is 13.0 Å². The number of amides is 1. The number of carbonyl (C=O) groups excluding carboxylic acids is 1. The van der Waals surface area contributed by atoms with Gasteiger partial charge in [-0.25, -0.2) is 0 Å². The van der Waals surface area contributed by atoms with Gasteiger partial charge in [-0.3, -0.25) is 4.79 Å². The summed E-state index contributed by atoms with van der Waals surface area (Å²) in [6.07, 6.45) is 0.953. The summed E-state index contributed by atoms with van der Waals surface area (Å²) < 4.78 is 0.776. The van der Waals surface area contributed by atoms with Crippen LogP contribution in [0, 0.1) is 5.92 Å². The Hall–Kier alpha value is -0.290. The molecule has 1 N–H and O–H groups in total. The Balaban J connectivity index is 0.00000144. The molecule has 1 fully saturated rings. The SMILES string of the molecule is CN(Cc1ccc(Cl)s1)C(=O)C1CCNC1.Cl. The van der Waals surface area contributed by atoms with Crippen molar-refractivity contribution in [3.05, 3.63) is 21.3 Å². The van der Waals surface area contributed by atoms with Crippen molar-refractivity contribution < 1.29 is 4.79 Å². The van der Waals surface area contributed by atoms with Crippen molar-refractivity contribution in [3.8, 4) is 0 Å². The molecule has 0 aliphatic carbocycles. The van der Waals surface area contributed by atoms with Crippen molar-refractivity contribution in [2.24, 2.45) is 5.92 Å². The number of rotatable bonds is 3. The highest BCUT2D eigenvalue weighted by Gasteiger charge is 2.25. The van der Waals surface area contributed by atoms with Crippen molar-refractivity contribution in [2.75, 3.05) is 20.1 Å². The van der Waals surface area contributed by atoms with Gasteiger partial charge in [-0.15, -0.1) is 23.7 Å². The normalized spacial score (nSPS) is 18.8. The highest BCUT2D eigenvalue weighted by atomic mass is 35.5. The summed E-state index contributed by atoms with van der Waals surface area (Å²) in [4.78, 5) is 14.9. The van der Waals surface area contributed by atoms with E-state index in [4.69, 9.17) is 11.6 Å². The lowest BCUT2D eigenvalue weighted by atomic mass is 10.1. The fourth-order valence-electron chi connectivity index (χ4n) is 1.93. The molecule has 0 spiro atoms. The zero-order valence-corrected chi connectivity index (χ0v) is 12.0. The first-order chi connectivity index (χ1) is 7.66. The van der Waals surface area contributed by atoms with Crippen LogP contribution in [-0.4, -0.2) is 30.9 Å². The average molecular weight is 295 g/mol. The maximum absolute atomic E-state index is 12.0. The van der Waals surface area contributed by atoms with Gasteiger partial charge < -0.3 is 10.2 Å². The molecule has 1 unspecified atom stereocenters. The first-order valence-electron chi connectivity index (χ1n) is 5.36. The van der Waals surface area contributed by atoms with Crippen LogP contribution in [0.25, 0.3) is 0 Å². The molecule has 0 radical (unpaired) electrons. The van der Waals surface area contributed by atoms with Crippen molar-refractivity contribution in [3.63, 3.8) is 0 Å². The fraction of sp³-hybridized carbons (Fsp3) is 0.545. The second-order valence-corrected chi connectivity index (χ2v) is 5.89. The summed E-state index contributed by atoms with van der Waals surface area (Å²) in [6.45, 7) is 2.43. The van der Waals surface area contributed by atoms with Gasteiger partial charge >= 0.3 is 0 Å². The quantitative estimate of drug-likeness (QED) is 0.928. The molecule has 1 aliphatic rings. The van der Waals surface area contributed by atoms with Crippen LogP contribution in [0.2, 0.25) is 4.34 Å². The molecule has 3 nitrogen and oxygen atoms in total. The molecule has 2 heterocycles. The van der Waals surface area contributed by atoms with Crippen molar-refractivity contribution in [1.29, 1.82) is 0 Å². The Morgan fingerprint density at radius 1 is 1.65 bits per heavy atom. The van der Waals surface area contributed by atoms with Gasteiger partial charge in [0.25, 0.3) is 0 Å². The molecule has 1 amide bonds. The van der Waals surface area contributed by atoms with E-state index in [2.05, 4.69) is 5.32 Å². The van der Waals surface area contributed by atoms with E-state index < -0.39 is 0 Å². The zero-order chi connectivity index (χ0) is 11.5. The molecule has 1 aliphatic heterocycles. The number of nitrogens with one attached hydrogen (secondary N) is 1. The molecule has 1 saturated heterocycles. The van der Waals surface area contributed by atoms with Gasteiger partial charge in [0.1, 0.15) is 0 Å². The van der Waals surface area contributed by atoms with E-state index in [0.717, 1.165) is 28.7 Å². The van der Waals surface area contributed by atoms with Crippen LogP contribution in [0.15, 0.2) is 12.1 Å². The van der Waals surface area contributed by atoms with Gasteiger partial charge in [0.15, 0.2) is 0 Å². The van der Waals surface area contributed by atoms with Crippen LogP contribution in [0.4, 0.5) is 0 Å². The second-order valence-electron chi connectivity index (χ2n) is 4.09. The Labute approximate surface area is 117 Å². The summed E-state index contributed by atoms with van der Waals surface area (Å²) in [5.41, 5.74) is 0. The maximum atomic E-state index is 12.0. The Morgan fingerprint density at radius 3 is 2.94 bits per heavy atom. The number of hydrogen-bond donors (Lipinski definition) is 1. The topological polar surface area (TPSA) is 32.3 Å². The van der Waals surface area contributed by atoms with Gasteiger partial charge in [-0.2, -0.15) is 0 Å². The minimum atomic E-state index is 0. The number of carbonyl (C=O) groups is 1. The molecule has 2 rings (SSSR count). The van der Waals surface area contributed by atoms with E-state index in [0.29, 0.717) is 6.54 Å². The van der Waals surface area contributed by atoms with Gasteiger partial charge in [-0.1, -0.05) is 11.6 Å². The summed E-state index contributed by atoms with van der Waals surface area (Å²) in [5, 5.41) is 3.21. The molecule has 1 aromatic heterocycles. The van der Waals surface area contributed by atoms with Gasteiger partial charge in [0.05, 0.1) is 16.8 Å². The first kappa shape index (κ1) is 14.8. The largest absolute Gasteiger partial charge is 0.340 e. The predicted octanol–water partition coefficient (Wildman–Crippen LogP) is 2.39. The zero-order valence-electron chi connectivity index (χ0n) is 9.61. The number of thiophene rings is 1. The number of hydrogen-bond acceptors (Lipinski definition) is 3. The molecule has 0 saturated carbocycles. The summed E-state index contributed by atoms with van der Waals surface area (Å²) in [5.74, 6) is 0.384. The third-order valence-electron chi connectivity index (χ3n) is 2.81. The highest BCUT2D eigenvalue weighted by molar-refractivity contribution is 7.16. The van der Waals surface area contributed by atoms with Gasteiger partial charge in [-0.05, 0) is 25.1 Å². The van der Waals surface area contributed by atoms with Crippen LogP contribution in [0.3, 0.4) is 0 Å². The smallest absolute Gasteiger partial charge is 0.227 e. The molecule has 1 aromatic rings. The lowest BCUT2D eigenvalue weighted by molar-refractivity contribution is -0.134. The minimum Gasteiger partial charge on any atom is -0.340 e. The van der Waals surface area contributed by atoms with E-state index in [9.17, 15) is 4.79 Å². The van der Waals surface area contributed by atoms with E-state index in [1.165, 1.54) is 11.3 Å². The van der Waals surface area contributed by atoms with E-state index in [-0.39, 0.29) is 24.2 Å². The first-order valence-corrected chi connectivity index (χ1v) is 6.56. The highest BCUT2D eigenvalue weighted by Crippen LogP contribution is 2.23. The van der Waals surface area contributed by atoms with E-state index >= 15 is 0 Å². The van der Waals surface area contributed by atoms with Gasteiger partial charge in [0, 0.05) is 18.5 Å². The molecular weight excluding hydrogens is 279 g/mol. The molecule has 1 atom stereocenters. The Bertz CT molecular complexity index is 377. The fourth-order valence-corrected chi connectivity index (χ4v) is 3.07. The molecule has 0 bridgehead atoms. The standard InChI is InChI=1S/C11H15ClN2OS.ClH/c1-14(7-9-2-3-10(12)16-9)11(15)8-4-5-13-6-8;/h2-3,8,13H,4-7H2,1H3;1H. The molecule has 17 heavy (non-hydrogen) atoms. The Kier molecular flexibility index (Phi) is 5.73. The van der Waals surface area contributed by atoms with E-state index in [1.807, 2.05) is 19.2 Å². The monoisotopic (exact) mass is 294 g/mol. The number of halogens is 2. The third kappa shape index (κ3) is 3.85. The average Bonchev–Trinajstić information content (AvgIpc) is 2.88.